The highest BCUT2D eigenvalue weighted by atomic mass is 16.4. The highest BCUT2D eigenvalue weighted by Gasteiger charge is 2.50. The van der Waals surface area contributed by atoms with Crippen molar-refractivity contribution in [3.63, 3.8) is 0 Å². The molecule has 0 bridgehead atoms. The molecule has 2 aromatic rings. The van der Waals surface area contributed by atoms with E-state index >= 15 is 0 Å². The van der Waals surface area contributed by atoms with Gasteiger partial charge < -0.3 is 5.11 Å². The normalized spacial score (nSPS) is 17.8. The number of rotatable bonds is 5. The lowest BCUT2D eigenvalue weighted by atomic mass is 9.59. The predicted octanol–water partition coefficient (Wildman–Crippen LogP) is 4.74. The van der Waals surface area contributed by atoms with Gasteiger partial charge in [-0.1, -0.05) is 79.2 Å². The minimum Gasteiger partial charge on any atom is -0.481 e. The van der Waals surface area contributed by atoms with E-state index in [1.54, 1.807) is 0 Å². The summed E-state index contributed by atoms with van der Waals surface area (Å²) in [6, 6.07) is 20.0. The molecule has 2 heteroatoms. The van der Waals surface area contributed by atoms with Crippen molar-refractivity contribution < 1.29 is 9.90 Å². The third-order valence-corrected chi connectivity index (χ3v) is 4.71. The van der Waals surface area contributed by atoms with E-state index in [0.29, 0.717) is 0 Å². The summed E-state index contributed by atoms with van der Waals surface area (Å²) in [7, 11) is 0. The fourth-order valence-corrected chi connectivity index (χ4v) is 3.26. The SMILES string of the molecule is O=C(O)C1([C@H](/C=C/c2ccccc2)c2ccccc2)CCC1. The number of hydrogen-bond donors (Lipinski definition) is 1. The van der Waals surface area contributed by atoms with Crippen LogP contribution in [-0.4, -0.2) is 11.1 Å². The van der Waals surface area contributed by atoms with Gasteiger partial charge in [-0.05, 0) is 24.0 Å². The van der Waals surface area contributed by atoms with Crippen LogP contribution < -0.4 is 0 Å². The van der Waals surface area contributed by atoms with Gasteiger partial charge in [-0.15, -0.1) is 0 Å². The minimum atomic E-state index is -0.676. The van der Waals surface area contributed by atoms with Crippen LogP contribution >= 0.6 is 0 Å². The fraction of sp³-hybridized carbons (Fsp3) is 0.250. The molecule has 0 aromatic heterocycles. The lowest BCUT2D eigenvalue weighted by Crippen LogP contribution is -2.42. The van der Waals surface area contributed by atoms with Gasteiger partial charge in [0.15, 0.2) is 0 Å². The summed E-state index contributed by atoms with van der Waals surface area (Å²) in [6.45, 7) is 0. The number of carbonyl (C=O) groups is 1. The van der Waals surface area contributed by atoms with Crippen LogP contribution in [0, 0.1) is 5.41 Å². The van der Waals surface area contributed by atoms with Gasteiger partial charge in [-0.2, -0.15) is 0 Å². The molecule has 0 spiro atoms. The second-order valence-electron chi connectivity index (χ2n) is 5.97. The molecule has 112 valence electrons. The van der Waals surface area contributed by atoms with Crippen molar-refractivity contribution in [1.29, 1.82) is 0 Å². The van der Waals surface area contributed by atoms with Crippen molar-refractivity contribution in [1.82, 2.24) is 0 Å². The van der Waals surface area contributed by atoms with Crippen molar-refractivity contribution in [3.8, 4) is 0 Å². The molecule has 1 saturated carbocycles. The van der Waals surface area contributed by atoms with Gasteiger partial charge in [0.05, 0.1) is 5.41 Å². The molecule has 0 radical (unpaired) electrons. The van der Waals surface area contributed by atoms with Crippen molar-refractivity contribution in [2.45, 2.75) is 25.2 Å². The second-order valence-corrected chi connectivity index (χ2v) is 5.97. The molecule has 1 aliphatic rings. The first-order valence-electron chi connectivity index (χ1n) is 7.74. The average molecular weight is 292 g/mol. The minimum absolute atomic E-state index is 0.0832. The van der Waals surface area contributed by atoms with E-state index in [2.05, 4.69) is 6.08 Å². The Kier molecular flexibility index (Phi) is 4.10. The van der Waals surface area contributed by atoms with E-state index in [1.807, 2.05) is 66.7 Å². The molecule has 1 atom stereocenters. The summed E-state index contributed by atoms with van der Waals surface area (Å²) in [4.78, 5) is 11.9. The van der Waals surface area contributed by atoms with Gasteiger partial charge in [0.25, 0.3) is 0 Å². The number of benzene rings is 2. The zero-order valence-electron chi connectivity index (χ0n) is 12.5. The average Bonchev–Trinajstić information content (AvgIpc) is 2.51. The van der Waals surface area contributed by atoms with Gasteiger partial charge >= 0.3 is 5.97 Å². The van der Waals surface area contributed by atoms with Crippen LogP contribution in [0.4, 0.5) is 0 Å². The summed E-state index contributed by atoms with van der Waals surface area (Å²) in [6.07, 6.45) is 6.61. The number of carboxylic acid groups (broad SMARTS) is 1. The van der Waals surface area contributed by atoms with Gasteiger partial charge in [-0.25, -0.2) is 0 Å². The number of allylic oxidation sites excluding steroid dienone is 1. The molecular formula is C20H20O2. The van der Waals surface area contributed by atoms with Gasteiger partial charge in [0.1, 0.15) is 0 Å². The molecule has 0 heterocycles. The van der Waals surface area contributed by atoms with Crippen LogP contribution in [0.1, 0.15) is 36.3 Å². The number of carboxylic acids is 1. The highest BCUT2D eigenvalue weighted by Crippen LogP contribution is 2.52. The largest absolute Gasteiger partial charge is 0.481 e. The third kappa shape index (κ3) is 2.69. The van der Waals surface area contributed by atoms with Crippen molar-refractivity contribution in [2.24, 2.45) is 5.41 Å². The Hall–Kier alpha value is -2.35. The summed E-state index contributed by atoms with van der Waals surface area (Å²) < 4.78 is 0. The number of hydrogen-bond acceptors (Lipinski definition) is 1. The maximum Gasteiger partial charge on any atom is 0.310 e. The molecule has 3 rings (SSSR count). The van der Waals surface area contributed by atoms with E-state index < -0.39 is 11.4 Å². The first kappa shape index (κ1) is 14.6. The molecule has 22 heavy (non-hydrogen) atoms. The molecular weight excluding hydrogens is 272 g/mol. The van der Waals surface area contributed by atoms with E-state index in [0.717, 1.165) is 30.4 Å². The van der Waals surface area contributed by atoms with Gasteiger partial charge in [-0.3, -0.25) is 4.79 Å². The highest BCUT2D eigenvalue weighted by molar-refractivity contribution is 5.78. The standard InChI is InChI=1S/C20H20O2/c21-19(22)20(14-7-15-20)18(17-10-5-2-6-11-17)13-12-16-8-3-1-4-9-16/h1-6,8-13,18H,7,14-15H2,(H,21,22)/b13-12+/t18-/m1/s1. The van der Waals surface area contributed by atoms with Crippen LogP contribution in [0.25, 0.3) is 6.08 Å². The maximum absolute atomic E-state index is 11.9. The lowest BCUT2D eigenvalue weighted by molar-refractivity contribution is -0.155. The topological polar surface area (TPSA) is 37.3 Å². The van der Waals surface area contributed by atoms with Crippen LogP contribution in [0.5, 0.6) is 0 Å². The quantitative estimate of drug-likeness (QED) is 0.864. The summed E-state index contributed by atoms with van der Waals surface area (Å²) in [5.74, 6) is -0.759. The first-order chi connectivity index (χ1) is 10.7. The summed E-state index contributed by atoms with van der Waals surface area (Å²) >= 11 is 0. The van der Waals surface area contributed by atoms with E-state index in [9.17, 15) is 9.90 Å². The molecule has 0 amide bonds. The van der Waals surface area contributed by atoms with Crippen molar-refractivity contribution >= 4 is 12.0 Å². The Bertz CT molecular complexity index is 655. The Morgan fingerprint density at radius 2 is 1.59 bits per heavy atom. The second kappa shape index (κ2) is 6.18. The first-order valence-corrected chi connectivity index (χ1v) is 7.74. The zero-order chi connectivity index (χ0) is 15.4. The zero-order valence-corrected chi connectivity index (χ0v) is 12.5. The monoisotopic (exact) mass is 292 g/mol. The van der Waals surface area contributed by atoms with Gasteiger partial charge in [0, 0.05) is 5.92 Å². The van der Waals surface area contributed by atoms with E-state index in [-0.39, 0.29) is 5.92 Å². The van der Waals surface area contributed by atoms with Crippen molar-refractivity contribution in [3.05, 3.63) is 77.9 Å². The Morgan fingerprint density at radius 1 is 1.00 bits per heavy atom. The predicted molar refractivity (Wildman–Crippen MR) is 88.6 cm³/mol. The van der Waals surface area contributed by atoms with E-state index in [1.165, 1.54) is 0 Å². The van der Waals surface area contributed by atoms with E-state index in [4.69, 9.17) is 0 Å². The molecule has 1 aliphatic carbocycles. The maximum atomic E-state index is 11.9. The molecule has 2 nitrogen and oxygen atoms in total. The molecule has 1 fully saturated rings. The molecule has 0 aliphatic heterocycles. The molecule has 0 saturated heterocycles. The summed E-state index contributed by atoms with van der Waals surface area (Å²) in [5, 5.41) is 9.78. The van der Waals surface area contributed by atoms with Crippen LogP contribution in [0.3, 0.4) is 0 Å². The molecule has 1 N–H and O–H groups in total. The van der Waals surface area contributed by atoms with Crippen LogP contribution in [0.2, 0.25) is 0 Å². The van der Waals surface area contributed by atoms with Crippen molar-refractivity contribution in [2.75, 3.05) is 0 Å². The van der Waals surface area contributed by atoms with Crippen LogP contribution in [0.15, 0.2) is 66.7 Å². The summed E-state index contributed by atoms with van der Waals surface area (Å²) in [5.41, 5.74) is 1.53. The number of aliphatic carboxylic acids is 1. The Labute approximate surface area is 131 Å². The lowest BCUT2D eigenvalue weighted by Gasteiger charge is -2.43. The van der Waals surface area contributed by atoms with Crippen LogP contribution in [-0.2, 0) is 4.79 Å². The Morgan fingerprint density at radius 3 is 2.09 bits per heavy atom. The smallest absolute Gasteiger partial charge is 0.310 e. The molecule has 2 aromatic carbocycles. The molecule has 0 unspecified atom stereocenters. The Balaban J connectivity index is 1.97. The fourth-order valence-electron chi connectivity index (χ4n) is 3.26. The van der Waals surface area contributed by atoms with Gasteiger partial charge in [0.2, 0.25) is 0 Å². The third-order valence-electron chi connectivity index (χ3n) is 4.71.